The van der Waals surface area contributed by atoms with Gasteiger partial charge < -0.3 is 5.73 Å². The number of nitrogens with zero attached hydrogens (tertiary/aromatic N) is 1. The summed E-state index contributed by atoms with van der Waals surface area (Å²) in [5.74, 6) is 0.220. The molecule has 2 unspecified atom stereocenters. The van der Waals surface area contributed by atoms with Crippen LogP contribution in [-0.2, 0) is 10.0 Å². The highest BCUT2D eigenvalue weighted by Gasteiger charge is 2.32. The van der Waals surface area contributed by atoms with Crippen LogP contribution in [0.3, 0.4) is 0 Å². The van der Waals surface area contributed by atoms with Crippen LogP contribution in [0.15, 0.2) is 23.1 Å². The second-order valence-corrected chi connectivity index (χ2v) is 7.80. The number of hydrogen-bond acceptors (Lipinski definition) is 3. The number of hydrogen-bond donors (Lipinski definition) is 1. The highest BCUT2D eigenvalue weighted by molar-refractivity contribution is 7.89. The normalized spacial score (nSPS) is 21.6. The van der Waals surface area contributed by atoms with Gasteiger partial charge in [-0.1, -0.05) is 17.7 Å². The fraction of sp³-hybridized carbons (Fsp3) is 0.571. The number of nitrogens with two attached hydrogens (primary N) is 1. The van der Waals surface area contributed by atoms with Gasteiger partial charge in [0.05, 0.1) is 4.90 Å². The first kappa shape index (κ1) is 18.7. The topological polar surface area (TPSA) is 63.4 Å². The van der Waals surface area contributed by atoms with Gasteiger partial charge in [-0.3, -0.25) is 0 Å². The first-order valence-electron chi connectivity index (χ1n) is 6.85. The minimum Gasteiger partial charge on any atom is -0.328 e. The Balaban J connectivity index is 0.00000220. The zero-order chi connectivity index (χ0) is 14.9. The van der Waals surface area contributed by atoms with Gasteiger partial charge in [-0.15, -0.1) is 12.4 Å². The SMILES string of the molecule is Cc1c(Cl)cccc1S(=O)(=O)N1CCCC(C(C)N)C1.Cl. The molecule has 1 aromatic carbocycles. The van der Waals surface area contributed by atoms with Crippen LogP contribution < -0.4 is 5.73 Å². The zero-order valence-electron chi connectivity index (χ0n) is 12.3. The van der Waals surface area contributed by atoms with Crippen molar-refractivity contribution < 1.29 is 8.42 Å². The summed E-state index contributed by atoms with van der Waals surface area (Å²) in [6.45, 7) is 4.72. The van der Waals surface area contributed by atoms with E-state index in [-0.39, 0.29) is 24.4 Å². The third-order valence-corrected chi connectivity index (χ3v) is 6.42. The minimum atomic E-state index is -3.49. The largest absolute Gasteiger partial charge is 0.328 e. The lowest BCUT2D eigenvalue weighted by atomic mass is 9.93. The fourth-order valence-electron chi connectivity index (χ4n) is 2.63. The van der Waals surface area contributed by atoms with Crippen molar-refractivity contribution in [3.05, 3.63) is 28.8 Å². The van der Waals surface area contributed by atoms with Crippen molar-refractivity contribution in [3.63, 3.8) is 0 Å². The van der Waals surface area contributed by atoms with E-state index < -0.39 is 10.0 Å². The molecule has 1 fully saturated rings. The Morgan fingerprint density at radius 2 is 2.10 bits per heavy atom. The Morgan fingerprint density at radius 3 is 2.71 bits per heavy atom. The molecule has 1 saturated heterocycles. The Hall–Kier alpha value is -0.330. The van der Waals surface area contributed by atoms with Gasteiger partial charge in [-0.25, -0.2) is 8.42 Å². The van der Waals surface area contributed by atoms with Crippen molar-refractivity contribution in [2.75, 3.05) is 13.1 Å². The monoisotopic (exact) mass is 352 g/mol. The van der Waals surface area contributed by atoms with Gasteiger partial charge in [0.25, 0.3) is 0 Å². The summed E-state index contributed by atoms with van der Waals surface area (Å²) >= 11 is 6.03. The number of halogens is 2. The van der Waals surface area contributed by atoms with Crippen molar-refractivity contribution in [2.45, 2.75) is 37.6 Å². The summed E-state index contributed by atoms with van der Waals surface area (Å²) < 4.78 is 27.1. The molecule has 0 bridgehead atoms. The van der Waals surface area contributed by atoms with E-state index in [1.165, 1.54) is 0 Å². The number of rotatable bonds is 3. The second-order valence-electron chi connectivity index (χ2n) is 5.49. The number of sulfonamides is 1. The summed E-state index contributed by atoms with van der Waals surface area (Å²) in [5.41, 5.74) is 6.53. The lowest BCUT2D eigenvalue weighted by Crippen LogP contribution is -2.45. The van der Waals surface area contributed by atoms with E-state index in [1.54, 1.807) is 29.4 Å². The summed E-state index contributed by atoms with van der Waals surface area (Å²) in [5, 5.41) is 0.479. The molecule has 0 aliphatic carbocycles. The van der Waals surface area contributed by atoms with Crippen LogP contribution in [0.4, 0.5) is 0 Å². The molecule has 120 valence electrons. The fourth-order valence-corrected chi connectivity index (χ4v) is 4.64. The van der Waals surface area contributed by atoms with Crippen molar-refractivity contribution in [1.82, 2.24) is 4.31 Å². The standard InChI is InChI=1S/C14H21ClN2O2S.ClH/c1-10-13(15)6-3-7-14(10)20(18,19)17-8-4-5-12(9-17)11(2)16;/h3,6-7,11-12H,4-5,8-9,16H2,1-2H3;1H. The van der Waals surface area contributed by atoms with Crippen LogP contribution in [0, 0.1) is 12.8 Å². The average Bonchev–Trinajstić information content (AvgIpc) is 2.41. The van der Waals surface area contributed by atoms with Crippen molar-refractivity contribution in [2.24, 2.45) is 11.7 Å². The van der Waals surface area contributed by atoms with Crippen molar-refractivity contribution >= 4 is 34.0 Å². The Labute approximate surface area is 138 Å². The van der Waals surface area contributed by atoms with Crippen LogP contribution in [0.25, 0.3) is 0 Å². The Bertz CT molecular complexity index is 591. The maximum absolute atomic E-state index is 12.8. The third-order valence-electron chi connectivity index (χ3n) is 4.00. The molecule has 4 nitrogen and oxygen atoms in total. The quantitative estimate of drug-likeness (QED) is 0.909. The van der Waals surface area contributed by atoms with E-state index in [0.717, 1.165) is 12.8 Å². The lowest BCUT2D eigenvalue weighted by Gasteiger charge is -2.34. The van der Waals surface area contributed by atoms with Gasteiger partial charge in [-0.2, -0.15) is 4.31 Å². The molecule has 2 rings (SSSR count). The van der Waals surface area contributed by atoms with Gasteiger partial charge >= 0.3 is 0 Å². The molecule has 1 aromatic rings. The molecule has 0 radical (unpaired) electrons. The molecule has 1 aliphatic heterocycles. The van der Waals surface area contributed by atoms with Gasteiger partial charge in [0, 0.05) is 24.2 Å². The molecule has 2 N–H and O–H groups in total. The van der Waals surface area contributed by atoms with Crippen LogP contribution in [0.1, 0.15) is 25.3 Å². The van der Waals surface area contributed by atoms with E-state index >= 15 is 0 Å². The highest BCUT2D eigenvalue weighted by Crippen LogP contribution is 2.29. The van der Waals surface area contributed by atoms with Gasteiger partial charge in [0.15, 0.2) is 0 Å². The molecule has 7 heteroatoms. The van der Waals surface area contributed by atoms with Crippen LogP contribution in [0.5, 0.6) is 0 Å². The van der Waals surface area contributed by atoms with E-state index in [0.29, 0.717) is 28.6 Å². The zero-order valence-corrected chi connectivity index (χ0v) is 14.6. The average molecular weight is 353 g/mol. The Morgan fingerprint density at radius 1 is 1.43 bits per heavy atom. The molecule has 21 heavy (non-hydrogen) atoms. The lowest BCUT2D eigenvalue weighted by molar-refractivity contribution is 0.243. The molecule has 1 heterocycles. The molecule has 0 amide bonds. The molecule has 0 aromatic heterocycles. The highest BCUT2D eigenvalue weighted by atomic mass is 35.5. The minimum absolute atomic E-state index is 0. The van der Waals surface area contributed by atoms with Crippen molar-refractivity contribution in [3.8, 4) is 0 Å². The van der Waals surface area contributed by atoms with Gasteiger partial charge in [0.2, 0.25) is 10.0 Å². The second kappa shape index (κ2) is 7.29. The summed E-state index contributed by atoms with van der Waals surface area (Å²) in [6.07, 6.45) is 1.84. The maximum Gasteiger partial charge on any atom is 0.243 e. The van der Waals surface area contributed by atoms with E-state index in [4.69, 9.17) is 17.3 Å². The number of benzene rings is 1. The van der Waals surface area contributed by atoms with E-state index in [9.17, 15) is 8.42 Å². The maximum atomic E-state index is 12.8. The summed E-state index contributed by atoms with van der Waals surface area (Å²) in [4.78, 5) is 0.301. The molecule has 2 atom stereocenters. The smallest absolute Gasteiger partial charge is 0.243 e. The molecule has 0 saturated carbocycles. The van der Waals surface area contributed by atoms with Gasteiger partial charge in [0.1, 0.15) is 0 Å². The third kappa shape index (κ3) is 3.90. The molecule has 1 aliphatic rings. The predicted octanol–water partition coefficient (Wildman–Crippen LogP) is 2.82. The number of piperidine rings is 1. The Kier molecular flexibility index (Phi) is 6.50. The van der Waals surface area contributed by atoms with Gasteiger partial charge in [-0.05, 0) is 50.3 Å². The van der Waals surface area contributed by atoms with Crippen LogP contribution >= 0.6 is 24.0 Å². The van der Waals surface area contributed by atoms with Crippen LogP contribution in [-0.4, -0.2) is 31.9 Å². The molecular formula is C14H22Cl2N2O2S. The van der Waals surface area contributed by atoms with E-state index in [2.05, 4.69) is 0 Å². The first-order chi connectivity index (χ1) is 9.34. The summed E-state index contributed by atoms with van der Waals surface area (Å²) in [6, 6.07) is 5.01. The first-order valence-corrected chi connectivity index (χ1v) is 8.66. The van der Waals surface area contributed by atoms with Crippen molar-refractivity contribution in [1.29, 1.82) is 0 Å². The molecule has 0 spiro atoms. The predicted molar refractivity (Wildman–Crippen MR) is 88.6 cm³/mol. The summed E-state index contributed by atoms with van der Waals surface area (Å²) in [7, 11) is -3.49. The molecular weight excluding hydrogens is 331 g/mol. The van der Waals surface area contributed by atoms with Crippen LogP contribution in [0.2, 0.25) is 5.02 Å². The van der Waals surface area contributed by atoms with E-state index in [1.807, 2.05) is 6.92 Å².